The third-order valence-electron chi connectivity index (χ3n) is 1.47. The van der Waals surface area contributed by atoms with Crippen molar-refractivity contribution in [3.8, 4) is 0 Å². The summed E-state index contributed by atoms with van der Waals surface area (Å²) in [7, 11) is -0.862. The van der Waals surface area contributed by atoms with E-state index >= 15 is 0 Å². The normalized spacial score (nSPS) is 9.15. The predicted molar refractivity (Wildman–Crippen MR) is 61.9 cm³/mol. The van der Waals surface area contributed by atoms with Gasteiger partial charge in [0.1, 0.15) is 0 Å². The van der Waals surface area contributed by atoms with E-state index in [0.29, 0.717) is 0 Å². The Labute approximate surface area is 104 Å². The van der Waals surface area contributed by atoms with Crippen LogP contribution in [0, 0.1) is 14.9 Å². The van der Waals surface area contributed by atoms with Crippen molar-refractivity contribution in [2.75, 3.05) is 0 Å². The predicted octanol–water partition coefficient (Wildman–Crippen LogP) is 3.72. The van der Waals surface area contributed by atoms with E-state index in [9.17, 15) is 0 Å². The monoisotopic (exact) mass is 361 g/mol. The summed E-state index contributed by atoms with van der Waals surface area (Å²) in [6, 6.07) is 10.0. The van der Waals surface area contributed by atoms with Crippen LogP contribution in [-0.2, 0) is 31.9 Å². The SMILES string of the molecule is C[Si](C)(C)Cc1cc[cH-]c1.[CH3-].[CH3-].[Hf]. The molecule has 0 unspecified atom stereocenters. The van der Waals surface area contributed by atoms with Gasteiger partial charge in [-0.15, -0.1) is 0 Å². The van der Waals surface area contributed by atoms with Crippen LogP contribution in [0.3, 0.4) is 0 Å². The maximum Gasteiger partial charge on any atom is 0.0362 e. The molecule has 1 rings (SSSR count). The van der Waals surface area contributed by atoms with Crippen molar-refractivity contribution in [2.24, 2.45) is 0 Å². The molecule has 0 bridgehead atoms. The number of rotatable bonds is 2. The minimum Gasteiger partial charge on any atom is -0.358 e. The van der Waals surface area contributed by atoms with Crippen LogP contribution in [0.2, 0.25) is 19.6 Å². The fraction of sp³-hybridized carbons (Fsp3) is 0.364. The van der Waals surface area contributed by atoms with Gasteiger partial charge < -0.3 is 14.9 Å². The van der Waals surface area contributed by atoms with Gasteiger partial charge in [-0.05, 0) is 0 Å². The maximum atomic E-state index is 2.40. The Balaban J connectivity index is -0.000000333. The molecule has 0 heterocycles. The van der Waals surface area contributed by atoms with Crippen LogP contribution in [0.15, 0.2) is 24.3 Å². The van der Waals surface area contributed by atoms with Crippen LogP contribution in [0.4, 0.5) is 0 Å². The molecule has 0 saturated carbocycles. The number of hydrogen-bond donors (Lipinski definition) is 0. The van der Waals surface area contributed by atoms with Gasteiger partial charge >= 0.3 is 0 Å². The summed E-state index contributed by atoms with van der Waals surface area (Å²) in [5.74, 6) is 0. The van der Waals surface area contributed by atoms with Gasteiger partial charge in [0.05, 0.1) is 0 Å². The Bertz CT molecular complexity index is 184. The second kappa shape index (κ2) is 7.81. The molecule has 0 radical (unpaired) electrons. The first kappa shape index (κ1) is 19.1. The molecule has 0 atom stereocenters. The molecule has 0 spiro atoms. The quantitative estimate of drug-likeness (QED) is 0.557. The summed E-state index contributed by atoms with van der Waals surface area (Å²) in [5.41, 5.74) is 1.51. The average molecular weight is 360 g/mol. The van der Waals surface area contributed by atoms with Gasteiger partial charge in [0.15, 0.2) is 0 Å². The molecule has 0 aliphatic carbocycles. The minimum absolute atomic E-state index is 0. The molecular weight excluding hydrogens is 339 g/mol. The van der Waals surface area contributed by atoms with Crippen LogP contribution < -0.4 is 0 Å². The summed E-state index contributed by atoms with van der Waals surface area (Å²) in [6.45, 7) is 7.21. The second-order valence-electron chi connectivity index (χ2n) is 4.03. The zero-order valence-corrected chi connectivity index (χ0v) is 14.1. The summed E-state index contributed by atoms with van der Waals surface area (Å²) in [5, 5.41) is 0. The molecule has 2 heteroatoms. The van der Waals surface area contributed by atoms with Crippen LogP contribution in [0.25, 0.3) is 0 Å². The van der Waals surface area contributed by atoms with Crippen molar-refractivity contribution in [3.63, 3.8) is 0 Å². The van der Waals surface area contributed by atoms with Gasteiger partial charge in [-0.3, -0.25) is 0 Å². The third kappa shape index (κ3) is 8.76. The van der Waals surface area contributed by atoms with Crippen LogP contribution in [-0.4, -0.2) is 8.07 Å². The summed E-state index contributed by atoms with van der Waals surface area (Å²) < 4.78 is 0. The van der Waals surface area contributed by atoms with Crippen molar-refractivity contribution < 1.29 is 25.8 Å². The Hall–Kier alpha value is 0.437. The number of hydrogen-bond acceptors (Lipinski definition) is 0. The van der Waals surface area contributed by atoms with E-state index in [1.807, 2.05) is 0 Å². The van der Waals surface area contributed by atoms with E-state index in [-0.39, 0.29) is 40.7 Å². The Morgan fingerprint density at radius 3 is 2.08 bits per heavy atom. The third-order valence-corrected chi connectivity index (χ3v) is 2.94. The van der Waals surface area contributed by atoms with E-state index in [1.165, 1.54) is 11.6 Å². The molecule has 0 nitrogen and oxygen atoms in total. The molecule has 0 amide bonds. The summed E-state index contributed by atoms with van der Waals surface area (Å²) in [4.78, 5) is 0. The zero-order valence-electron chi connectivity index (χ0n) is 9.52. The maximum absolute atomic E-state index is 2.40. The van der Waals surface area contributed by atoms with Crippen LogP contribution in [0.1, 0.15) is 5.56 Å². The zero-order chi connectivity index (χ0) is 7.61. The second-order valence-corrected chi connectivity index (χ2v) is 9.51. The Morgan fingerprint density at radius 2 is 1.77 bits per heavy atom. The van der Waals surface area contributed by atoms with Gasteiger partial charge in [0.2, 0.25) is 0 Å². The van der Waals surface area contributed by atoms with Crippen molar-refractivity contribution in [1.82, 2.24) is 0 Å². The van der Waals surface area contributed by atoms with Gasteiger partial charge in [0, 0.05) is 33.9 Å². The molecule has 0 fully saturated rings. The van der Waals surface area contributed by atoms with Crippen LogP contribution >= 0.6 is 0 Å². The molecule has 0 aliphatic rings. The molecule has 0 aromatic heterocycles. The minimum atomic E-state index is -0.862. The van der Waals surface area contributed by atoms with E-state index < -0.39 is 8.07 Å². The van der Waals surface area contributed by atoms with Gasteiger partial charge in [-0.25, -0.2) is 11.6 Å². The molecular formula is C11H21HfSi-3. The Kier molecular flexibility index (Phi) is 11.5. The average Bonchev–Trinajstić information content (AvgIpc) is 2.12. The first-order chi connectivity index (χ1) is 4.58. The van der Waals surface area contributed by atoms with Crippen LogP contribution in [0.5, 0.6) is 0 Å². The standard InChI is InChI=1S/C9H15Si.2CH3.Hf/c1-10(2,3)8-9-6-4-5-7-9;;;/h4-7H,8H2,1-3H3;2*1H3;/q3*-1;. The Morgan fingerprint density at radius 1 is 1.23 bits per heavy atom. The van der Waals surface area contributed by atoms with Crippen molar-refractivity contribution in [1.29, 1.82) is 0 Å². The molecule has 0 saturated heterocycles. The van der Waals surface area contributed by atoms with Gasteiger partial charge in [-0.1, -0.05) is 25.7 Å². The molecule has 0 aliphatic heterocycles. The van der Waals surface area contributed by atoms with Crippen molar-refractivity contribution in [2.45, 2.75) is 25.7 Å². The van der Waals surface area contributed by atoms with E-state index in [1.54, 1.807) is 0 Å². The molecule has 13 heavy (non-hydrogen) atoms. The van der Waals surface area contributed by atoms with E-state index in [2.05, 4.69) is 43.9 Å². The molecule has 1 aromatic carbocycles. The molecule has 1 aromatic rings. The summed E-state index contributed by atoms with van der Waals surface area (Å²) in [6.07, 6.45) is 0. The topological polar surface area (TPSA) is 0 Å². The van der Waals surface area contributed by atoms with E-state index in [0.717, 1.165) is 0 Å². The smallest absolute Gasteiger partial charge is 0.0362 e. The van der Waals surface area contributed by atoms with Crippen molar-refractivity contribution >= 4 is 8.07 Å². The first-order valence-corrected chi connectivity index (χ1v) is 7.49. The van der Waals surface area contributed by atoms with Gasteiger partial charge in [-0.2, -0.15) is 18.2 Å². The molecule has 76 valence electrons. The van der Waals surface area contributed by atoms with Gasteiger partial charge in [0.25, 0.3) is 0 Å². The molecule has 0 N–H and O–H groups in total. The van der Waals surface area contributed by atoms with Crippen molar-refractivity contribution in [3.05, 3.63) is 44.7 Å². The first-order valence-electron chi connectivity index (χ1n) is 3.78. The van der Waals surface area contributed by atoms with E-state index in [4.69, 9.17) is 0 Å². The largest absolute Gasteiger partial charge is 0.358 e. The summed E-state index contributed by atoms with van der Waals surface area (Å²) >= 11 is 0. The fourth-order valence-corrected chi connectivity index (χ4v) is 2.60. The fourth-order valence-electron chi connectivity index (χ4n) is 1.14.